The molecule has 150 valence electrons. The Morgan fingerprint density at radius 3 is 2.48 bits per heavy atom. The molecule has 2 aromatic rings. The number of hydrogen-bond acceptors (Lipinski definition) is 5. The van der Waals surface area contributed by atoms with E-state index in [0.717, 1.165) is 18.6 Å². The number of ether oxygens (including phenoxy) is 1. The largest absolute Gasteiger partial charge is 0.478 e. The number of carboxylic acids is 2. The van der Waals surface area contributed by atoms with Crippen molar-refractivity contribution in [2.75, 3.05) is 7.05 Å². The average molecular weight is 415 g/mol. The maximum Gasteiger partial charge on any atom is 0.328 e. The van der Waals surface area contributed by atoms with E-state index in [4.69, 9.17) is 26.6 Å². The minimum atomic E-state index is -1.26. The molecule has 3 N–H and O–H groups in total. The summed E-state index contributed by atoms with van der Waals surface area (Å²) in [7, 11) is 1.97. The van der Waals surface area contributed by atoms with Crippen LogP contribution in [0.2, 0.25) is 5.02 Å². The third-order valence-corrected chi connectivity index (χ3v) is 4.46. The lowest BCUT2D eigenvalue weighted by atomic mass is 10.1. The zero-order valence-corrected chi connectivity index (χ0v) is 16.3. The lowest BCUT2D eigenvalue weighted by Gasteiger charge is -2.13. The van der Waals surface area contributed by atoms with E-state index in [1.165, 1.54) is 11.1 Å². The first-order valence-corrected chi connectivity index (χ1v) is 9.04. The normalized spacial score (nSPS) is 14.4. The second-order valence-corrected chi connectivity index (χ2v) is 6.50. The van der Waals surface area contributed by atoms with E-state index in [9.17, 15) is 14.9 Å². The fraction of sp³-hybridized carbons (Fsp3) is 0.190. The molecule has 1 aliphatic rings. The van der Waals surface area contributed by atoms with Crippen molar-refractivity contribution in [3.05, 3.63) is 70.3 Å². The van der Waals surface area contributed by atoms with E-state index in [1.807, 2.05) is 19.2 Å². The Morgan fingerprint density at radius 2 is 1.90 bits per heavy atom. The van der Waals surface area contributed by atoms with E-state index in [-0.39, 0.29) is 0 Å². The molecule has 29 heavy (non-hydrogen) atoms. The van der Waals surface area contributed by atoms with Crippen LogP contribution in [0.3, 0.4) is 0 Å². The van der Waals surface area contributed by atoms with Crippen LogP contribution in [-0.2, 0) is 16.0 Å². The Bertz CT molecular complexity index is 966. The van der Waals surface area contributed by atoms with Gasteiger partial charge in [0.1, 0.15) is 17.6 Å². The number of aliphatic carboxylic acids is 2. The van der Waals surface area contributed by atoms with E-state index in [2.05, 4.69) is 17.5 Å². The first-order chi connectivity index (χ1) is 13.8. The van der Waals surface area contributed by atoms with E-state index >= 15 is 0 Å². The third kappa shape index (κ3) is 6.07. The van der Waals surface area contributed by atoms with Gasteiger partial charge in [-0.1, -0.05) is 23.7 Å². The molecule has 0 amide bonds. The van der Waals surface area contributed by atoms with Crippen molar-refractivity contribution < 1.29 is 24.5 Å². The molecule has 0 fully saturated rings. The van der Waals surface area contributed by atoms with Crippen molar-refractivity contribution in [1.82, 2.24) is 5.32 Å². The fourth-order valence-electron chi connectivity index (χ4n) is 2.95. The van der Waals surface area contributed by atoms with Gasteiger partial charge in [-0.2, -0.15) is 5.26 Å². The molecule has 0 bridgehead atoms. The molecule has 3 rings (SSSR count). The minimum absolute atomic E-state index is 0.373. The summed E-state index contributed by atoms with van der Waals surface area (Å²) in [5.74, 6) is -1.20. The van der Waals surface area contributed by atoms with Crippen molar-refractivity contribution in [3.63, 3.8) is 0 Å². The van der Waals surface area contributed by atoms with Gasteiger partial charge in [-0.3, -0.25) is 0 Å². The van der Waals surface area contributed by atoms with Crippen LogP contribution in [0.15, 0.2) is 48.6 Å². The molecule has 1 aliphatic carbocycles. The number of carboxylic acid groups (broad SMARTS) is 2. The van der Waals surface area contributed by atoms with Gasteiger partial charge in [0.25, 0.3) is 0 Å². The molecule has 0 spiro atoms. The minimum Gasteiger partial charge on any atom is -0.478 e. The topological polar surface area (TPSA) is 120 Å². The number of hydrogen-bond donors (Lipinski definition) is 3. The van der Waals surface area contributed by atoms with Crippen molar-refractivity contribution in [3.8, 4) is 17.6 Å². The first-order valence-electron chi connectivity index (χ1n) is 8.66. The summed E-state index contributed by atoms with van der Waals surface area (Å²) in [5.41, 5.74) is 2.97. The number of benzene rings is 2. The van der Waals surface area contributed by atoms with Crippen LogP contribution in [0.1, 0.15) is 29.2 Å². The maximum absolute atomic E-state index is 9.55. The molecule has 1 atom stereocenters. The van der Waals surface area contributed by atoms with Crippen LogP contribution < -0.4 is 10.1 Å². The molecule has 0 aliphatic heterocycles. The molecular weight excluding hydrogens is 396 g/mol. The van der Waals surface area contributed by atoms with Gasteiger partial charge < -0.3 is 20.3 Å². The van der Waals surface area contributed by atoms with Crippen LogP contribution in [-0.4, -0.2) is 29.2 Å². The quantitative estimate of drug-likeness (QED) is 0.634. The van der Waals surface area contributed by atoms with Crippen molar-refractivity contribution >= 4 is 23.5 Å². The van der Waals surface area contributed by atoms with Gasteiger partial charge in [-0.15, -0.1) is 0 Å². The first kappa shape index (κ1) is 22.0. The Kier molecular flexibility index (Phi) is 7.78. The monoisotopic (exact) mass is 414 g/mol. The van der Waals surface area contributed by atoms with Crippen LogP contribution in [0.25, 0.3) is 0 Å². The lowest BCUT2D eigenvalue weighted by molar-refractivity contribution is -0.134. The Balaban J connectivity index is 0.000000321. The van der Waals surface area contributed by atoms with Crippen LogP contribution in [0, 0.1) is 11.3 Å². The van der Waals surface area contributed by atoms with E-state index in [1.54, 1.807) is 18.2 Å². The summed E-state index contributed by atoms with van der Waals surface area (Å²) in [6.07, 6.45) is 3.15. The van der Waals surface area contributed by atoms with Gasteiger partial charge in [0.15, 0.2) is 0 Å². The van der Waals surface area contributed by atoms with Gasteiger partial charge in [0.2, 0.25) is 0 Å². The van der Waals surface area contributed by atoms with Crippen LogP contribution in [0.5, 0.6) is 11.5 Å². The van der Waals surface area contributed by atoms with E-state index < -0.39 is 11.9 Å². The maximum atomic E-state index is 9.55. The summed E-state index contributed by atoms with van der Waals surface area (Å²) in [6, 6.07) is 13.6. The van der Waals surface area contributed by atoms with Gasteiger partial charge >= 0.3 is 11.9 Å². The molecule has 0 aromatic heterocycles. The molecule has 0 heterocycles. The highest BCUT2D eigenvalue weighted by molar-refractivity contribution is 6.30. The number of fused-ring (bicyclic) bond motifs is 1. The number of halogens is 1. The molecule has 0 saturated carbocycles. The molecule has 2 aromatic carbocycles. The molecule has 0 radical (unpaired) electrons. The molecule has 0 saturated heterocycles. The highest BCUT2D eigenvalue weighted by atomic mass is 35.5. The predicted molar refractivity (Wildman–Crippen MR) is 107 cm³/mol. The summed E-state index contributed by atoms with van der Waals surface area (Å²) in [6.45, 7) is 0. The number of nitrogens with zero attached hydrogens (tertiary/aromatic N) is 1. The molecule has 7 nitrogen and oxygen atoms in total. The highest BCUT2D eigenvalue weighted by Crippen LogP contribution is 2.39. The van der Waals surface area contributed by atoms with Crippen molar-refractivity contribution in [2.24, 2.45) is 0 Å². The zero-order chi connectivity index (χ0) is 21.4. The molecular formula is C21H19ClN2O5. The summed E-state index contributed by atoms with van der Waals surface area (Å²) < 4.78 is 5.98. The Labute approximate surface area is 172 Å². The third-order valence-electron chi connectivity index (χ3n) is 4.23. The molecule has 1 unspecified atom stereocenters. The van der Waals surface area contributed by atoms with E-state index in [0.29, 0.717) is 34.5 Å². The standard InChI is InChI=1S/C17H15ClN2O.C4H4O4/c1-20-15-8-7-14-13(15)3-2-4-16(14)21-17-9-12(18)6-5-11(17)10-19;5-3(6)1-2-4(7)8/h2-6,9,15,20H,7-8H2,1H3;1-2H,(H,5,6)(H,7,8). The fourth-order valence-corrected chi connectivity index (χ4v) is 3.11. The van der Waals surface area contributed by atoms with Crippen molar-refractivity contribution in [1.29, 1.82) is 5.26 Å². The SMILES string of the molecule is CNC1CCc2c(Oc3cc(Cl)ccc3C#N)cccc21.O=C(O)C=CC(=O)O. The Morgan fingerprint density at radius 1 is 1.21 bits per heavy atom. The predicted octanol–water partition coefficient (Wildman–Crippen LogP) is 3.92. The van der Waals surface area contributed by atoms with Crippen LogP contribution >= 0.6 is 11.6 Å². The number of nitrogens with one attached hydrogen (secondary N) is 1. The van der Waals surface area contributed by atoms with Gasteiger partial charge in [-0.05, 0) is 49.2 Å². The Hall–Kier alpha value is -3.34. The highest BCUT2D eigenvalue weighted by Gasteiger charge is 2.24. The number of rotatable bonds is 5. The number of nitriles is 1. The summed E-state index contributed by atoms with van der Waals surface area (Å²) in [5, 5.41) is 28.7. The zero-order valence-electron chi connectivity index (χ0n) is 15.6. The summed E-state index contributed by atoms with van der Waals surface area (Å²) >= 11 is 6.00. The number of carbonyl (C=O) groups is 2. The van der Waals surface area contributed by atoms with Crippen molar-refractivity contribution in [2.45, 2.75) is 18.9 Å². The average Bonchev–Trinajstić information content (AvgIpc) is 3.11. The van der Waals surface area contributed by atoms with Gasteiger partial charge in [-0.25, -0.2) is 9.59 Å². The van der Waals surface area contributed by atoms with Gasteiger partial charge in [0.05, 0.1) is 5.56 Å². The summed E-state index contributed by atoms with van der Waals surface area (Å²) in [4.78, 5) is 19.1. The molecule has 8 heteroatoms. The van der Waals surface area contributed by atoms with Gasteiger partial charge in [0, 0.05) is 29.3 Å². The second kappa shape index (κ2) is 10.3. The second-order valence-electron chi connectivity index (χ2n) is 6.07. The smallest absolute Gasteiger partial charge is 0.328 e. The van der Waals surface area contributed by atoms with Crippen LogP contribution in [0.4, 0.5) is 0 Å². The lowest BCUT2D eigenvalue weighted by Crippen LogP contribution is -2.12.